The minimum atomic E-state index is -0.472. The molecule has 0 spiro atoms. The Morgan fingerprint density at radius 1 is 1.07 bits per heavy atom. The average molecular weight is 422 g/mol. The molecule has 1 saturated heterocycles. The summed E-state index contributed by atoms with van der Waals surface area (Å²) in [6.45, 7) is 2.17. The summed E-state index contributed by atoms with van der Waals surface area (Å²) in [5.41, 5.74) is 2.93. The highest BCUT2D eigenvalue weighted by atomic mass is 35.5. The Hall–Kier alpha value is -3.32. The lowest BCUT2D eigenvalue weighted by molar-refractivity contribution is 0.475. The average Bonchev–Trinajstić information content (AvgIpc) is 3.28. The predicted molar refractivity (Wildman–Crippen MR) is 118 cm³/mol. The molecular weight excluding hydrogens is 402 g/mol. The number of aromatic nitrogens is 4. The van der Waals surface area contributed by atoms with E-state index in [2.05, 4.69) is 32.1 Å². The molecule has 7 nitrogen and oxygen atoms in total. The number of pyridine rings is 1. The third kappa shape index (κ3) is 3.21. The number of hydrogen-bond acceptors (Lipinski definition) is 5. The third-order valence-corrected chi connectivity index (χ3v) is 5.91. The number of benzene rings is 2. The maximum Gasteiger partial charge on any atom is 0.278 e. The van der Waals surface area contributed by atoms with Crippen molar-refractivity contribution in [2.75, 3.05) is 18.0 Å². The van der Waals surface area contributed by atoms with Gasteiger partial charge in [-0.15, -0.1) is 0 Å². The van der Waals surface area contributed by atoms with Crippen molar-refractivity contribution in [1.82, 2.24) is 19.7 Å². The highest BCUT2D eigenvalue weighted by molar-refractivity contribution is 6.34. The predicted octanol–water partition coefficient (Wildman–Crippen LogP) is 4.13. The van der Waals surface area contributed by atoms with E-state index in [0.717, 1.165) is 24.2 Å². The van der Waals surface area contributed by atoms with Crippen molar-refractivity contribution in [3.8, 4) is 22.6 Å². The van der Waals surface area contributed by atoms with E-state index in [0.29, 0.717) is 15.9 Å². The first kappa shape index (κ1) is 18.7. The van der Waals surface area contributed by atoms with Crippen molar-refractivity contribution in [2.24, 2.45) is 0 Å². The van der Waals surface area contributed by atoms with Gasteiger partial charge in [-0.3, -0.25) is 4.79 Å². The van der Waals surface area contributed by atoms with Gasteiger partial charge in [0.2, 0.25) is 0 Å². The standard InChI is InChI=1S/C22H20ClN5O2/c23-18-11-19-17(21(29)20(22(30)26-19)28-13-24-12-25-28)10-16(18)14-4-6-15(7-5-14)27-8-2-1-3-9-27/h4-7,10-13H,1-3,8-9H2,(H2,26,29,30). The van der Waals surface area contributed by atoms with Gasteiger partial charge in [-0.1, -0.05) is 23.7 Å². The molecular formula is C22H20ClN5O2. The lowest BCUT2D eigenvalue weighted by Crippen LogP contribution is -2.29. The zero-order chi connectivity index (χ0) is 20.7. The lowest BCUT2D eigenvalue weighted by atomic mass is 10.0. The number of halogens is 1. The molecule has 2 aromatic heterocycles. The van der Waals surface area contributed by atoms with Gasteiger partial charge in [-0.25, -0.2) is 9.67 Å². The fourth-order valence-electron chi connectivity index (χ4n) is 4.05. The van der Waals surface area contributed by atoms with Crippen LogP contribution in [0.3, 0.4) is 0 Å². The fraction of sp³-hybridized carbons (Fsp3) is 0.227. The quantitative estimate of drug-likeness (QED) is 0.519. The van der Waals surface area contributed by atoms with Crippen LogP contribution in [0.5, 0.6) is 5.75 Å². The van der Waals surface area contributed by atoms with Gasteiger partial charge in [-0.05, 0) is 49.1 Å². The zero-order valence-corrected chi connectivity index (χ0v) is 16.9. The summed E-state index contributed by atoms with van der Waals surface area (Å²) < 4.78 is 1.25. The van der Waals surface area contributed by atoms with Crippen LogP contribution in [0.1, 0.15) is 19.3 Å². The molecule has 2 N–H and O–H groups in total. The highest BCUT2D eigenvalue weighted by Crippen LogP contribution is 2.36. The SMILES string of the molecule is O=c1[nH]c2cc(Cl)c(-c3ccc(N4CCCCC4)cc3)cc2c(O)c1-n1cncn1. The molecule has 152 valence electrons. The van der Waals surface area contributed by atoms with Crippen molar-refractivity contribution in [3.63, 3.8) is 0 Å². The number of anilines is 1. The Morgan fingerprint density at radius 2 is 1.83 bits per heavy atom. The summed E-state index contributed by atoms with van der Waals surface area (Å²) >= 11 is 6.53. The highest BCUT2D eigenvalue weighted by Gasteiger charge is 2.17. The topological polar surface area (TPSA) is 87.0 Å². The van der Waals surface area contributed by atoms with Crippen LogP contribution in [0.4, 0.5) is 5.69 Å². The number of H-pyrrole nitrogens is 1. The maximum atomic E-state index is 12.5. The molecule has 5 rings (SSSR count). The molecule has 1 fully saturated rings. The Bertz CT molecular complexity index is 1260. The molecule has 0 aliphatic carbocycles. The first-order valence-corrected chi connectivity index (χ1v) is 10.3. The Balaban J connectivity index is 1.59. The number of hydrogen-bond donors (Lipinski definition) is 2. The van der Waals surface area contributed by atoms with Crippen molar-refractivity contribution in [2.45, 2.75) is 19.3 Å². The maximum absolute atomic E-state index is 12.5. The summed E-state index contributed by atoms with van der Waals surface area (Å²) in [4.78, 5) is 21.5. The van der Waals surface area contributed by atoms with E-state index in [1.54, 1.807) is 12.1 Å². The van der Waals surface area contributed by atoms with E-state index in [1.165, 1.54) is 42.3 Å². The fourth-order valence-corrected chi connectivity index (χ4v) is 4.32. The molecule has 0 unspecified atom stereocenters. The molecule has 1 aliphatic heterocycles. The Labute approximate surface area is 177 Å². The van der Waals surface area contributed by atoms with Crippen LogP contribution in [0.25, 0.3) is 27.7 Å². The number of nitrogens with zero attached hydrogens (tertiary/aromatic N) is 4. The molecule has 0 saturated carbocycles. The van der Waals surface area contributed by atoms with Crippen molar-refractivity contribution in [3.05, 3.63) is 64.4 Å². The van der Waals surface area contributed by atoms with Crippen LogP contribution in [-0.2, 0) is 0 Å². The zero-order valence-electron chi connectivity index (χ0n) is 16.2. The summed E-state index contributed by atoms with van der Waals surface area (Å²) in [6, 6.07) is 11.7. The van der Waals surface area contributed by atoms with Gasteiger partial charge < -0.3 is 15.0 Å². The first-order chi connectivity index (χ1) is 14.6. The summed E-state index contributed by atoms with van der Waals surface area (Å²) in [6.07, 6.45) is 6.42. The van der Waals surface area contributed by atoms with Crippen LogP contribution in [-0.4, -0.2) is 37.9 Å². The van der Waals surface area contributed by atoms with E-state index in [1.807, 2.05) is 12.1 Å². The number of aromatic amines is 1. The number of nitrogens with one attached hydrogen (secondary N) is 1. The van der Waals surface area contributed by atoms with E-state index in [4.69, 9.17) is 11.6 Å². The summed E-state index contributed by atoms with van der Waals surface area (Å²) in [7, 11) is 0. The van der Waals surface area contributed by atoms with Crippen LogP contribution >= 0.6 is 11.6 Å². The van der Waals surface area contributed by atoms with Crippen LogP contribution in [0, 0.1) is 0 Å². The third-order valence-electron chi connectivity index (χ3n) is 5.60. The number of fused-ring (bicyclic) bond motifs is 1. The summed E-state index contributed by atoms with van der Waals surface area (Å²) in [5, 5.41) is 15.8. The van der Waals surface area contributed by atoms with E-state index in [-0.39, 0.29) is 11.4 Å². The molecule has 0 atom stereocenters. The monoisotopic (exact) mass is 421 g/mol. The number of aromatic hydroxyl groups is 1. The van der Waals surface area contributed by atoms with Crippen molar-refractivity contribution < 1.29 is 5.11 Å². The number of piperidine rings is 1. The molecule has 1 aliphatic rings. The van der Waals surface area contributed by atoms with E-state index < -0.39 is 5.56 Å². The second-order valence-electron chi connectivity index (χ2n) is 7.46. The molecule has 2 aromatic carbocycles. The van der Waals surface area contributed by atoms with Gasteiger partial charge in [0.25, 0.3) is 5.56 Å². The molecule has 3 heterocycles. The first-order valence-electron chi connectivity index (χ1n) is 9.91. The lowest BCUT2D eigenvalue weighted by Gasteiger charge is -2.28. The van der Waals surface area contributed by atoms with Gasteiger partial charge in [0.1, 0.15) is 12.7 Å². The van der Waals surface area contributed by atoms with E-state index >= 15 is 0 Å². The Kier molecular flexibility index (Phi) is 4.67. The normalized spacial score (nSPS) is 14.4. The van der Waals surface area contributed by atoms with Gasteiger partial charge in [-0.2, -0.15) is 5.10 Å². The molecule has 4 aromatic rings. The minimum absolute atomic E-state index is 0.0220. The number of rotatable bonds is 3. The minimum Gasteiger partial charge on any atom is -0.505 e. The van der Waals surface area contributed by atoms with Gasteiger partial charge >= 0.3 is 0 Å². The van der Waals surface area contributed by atoms with Crippen LogP contribution in [0.2, 0.25) is 5.02 Å². The van der Waals surface area contributed by atoms with Crippen molar-refractivity contribution in [1.29, 1.82) is 0 Å². The molecule has 8 heteroatoms. The van der Waals surface area contributed by atoms with Gasteiger partial charge in [0.05, 0.1) is 10.5 Å². The van der Waals surface area contributed by atoms with E-state index in [9.17, 15) is 9.90 Å². The van der Waals surface area contributed by atoms with Crippen LogP contribution in [0.15, 0.2) is 53.8 Å². The van der Waals surface area contributed by atoms with Crippen LogP contribution < -0.4 is 10.5 Å². The smallest absolute Gasteiger partial charge is 0.278 e. The second-order valence-corrected chi connectivity index (χ2v) is 7.87. The molecule has 30 heavy (non-hydrogen) atoms. The Morgan fingerprint density at radius 3 is 2.53 bits per heavy atom. The molecule has 0 bridgehead atoms. The molecule has 0 amide bonds. The van der Waals surface area contributed by atoms with Gasteiger partial charge in [0.15, 0.2) is 11.4 Å². The largest absolute Gasteiger partial charge is 0.505 e. The second kappa shape index (κ2) is 7.50. The molecule has 0 radical (unpaired) electrons. The van der Waals surface area contributed by atoms with Gasteiger partial charge in [0, 0.05) is 29.7 Å². The summed E-state index contributed by atoms with van der Waals surface area (Å²) in [5.74, 6) is -0.165. The van der Waals surface area contributed by atoms with Crippen molar-refractivity contribution >= 4 is 28.2 Å².